The van der Waals surface area contributed by atoms with Crippen LogP contribution in [0.3, 0.4) is 0 Å². The Balaban J connectivity index is 1.60. The molecular formula is C38H58O9. The summed E-state index contributed by atoms with van der Waals surface area (Å²) in [6.45, 7) is 19.5. The lowest BCUT2D eigenvalue weighted by atomic mass is 9.33. The zero-order valence-electron chi connectivity index (χ0n) is 30.3. The van der Waals surface area contributed by atoms with Gasteiger partial charge in [-0.2, -0.15) is 0 Å². The number of hydrogen-bond acceptors (Lipinski definition) is 9. The summed E-state index contributed by atoms with van der Waals surface area (Å²) < 4.78 is 23.4. The Morgan fingerprint density at radius 3 is 1.94 bits per heavy atom. The predicted molar refractivity (Wildman–Crippen MR) is 175 cm³/mol. The van der Waals surface area contributed by atoms with Crippen LogP contribution < -0.4 is 0 Å². The molecule has 0 amide bonds. The van der Waals surface area contributed by atoms with Gasteiger partial charge in [-0.1, -0.05) is 53.2 Å². The van der Waals surface area contributed by atoms with Gasteiger partial charge in [-0.25, -0.2) is 0 Å². The van der Waals surface area contributed by atoms with Crippen LogP contribution in [0.1, 0.15) is 121 Å². The first-order valence-electron chi connectivity index (χ1n) is 17.7. The zero-order valence-corrected chi connectivity index (χ0v) is 30.3. The number of carbonyl (C=O) groups is 4. The van der Waals surface area contributed by atoms with Gasteiger partial charge >= 0.3 is 23.9 Å². The molecule has 0 heterocycles. The first-order chi connectivity index (χ1) is 21.7. The van der Waals surface area contributed by atoms with Crippen molar-refractivity contribution in [2.45, 2.75) is 139 Å². The van der Waals surface area contributed by atoms with Gasteiger partial charge < -0.3 is 24.1 Å². The topological polar surface area (TPSA) is 125 Å². The van der Waals surface area contributed by atoms with E-state index in [1.165, 1.54) is 33.3 Å². The number of carbonyl (C=O) groups excluding carboxylic acids is 4. The largest absolute Gasteiger partial charge is 0.465 e. The van der Waals surface area contributed by atoms with Crippen molar-refractivity contribution >= 4 is 23.9 Å². The van der Waals surface area contributed by atoms with E-state index in [1.807, 2.05) is 0 Å². The van der Waals surface area contributed by atoms with E-state index >= 15 is 0 Å². The number of aliphatic hydroxyl groups is 1. The molecule has 0 aromatic rings. The van der Waals surface area contributed by atoms with E-state index in [1.54, 1.807) is 0 Å². The van der Waals surface area contributed by atoms with Crippen molar-refractivity contribution in [2.24, 2.45) is 50.2 Å². The fourth-order valence-corrected chi connectivity index (χ4v) is 12.1. The summed E-state index contributed by atoms with van der Waals surface area (Å²) in [4.78, 5) is 49.0. The summed E-state index contributed by atoms with van der Waals surface area (Å²) in [5, 5.41) is 12.4. The van der Waals surface area contributed by atoms with E-state index in [0.717, 1.165) is 32.1 Å². The third-order valence-corrected chi connectivity index (χ3v) is 14.3. The van der Waals surface area contributed by atoms with Crippen molar-refractivity contribution < 1.29 is 43.2 Å². The fourth-order valence-electron chi connectivity index (χ4n) is 12.1. The summed E-state index contributed by atoms with van der Waals surface area (Å²) in [5.74, 6) is -1.18. The molecule has 0 saturated heterocycles. The Kier molecular flexibility index (Phi) is 9.06. The van der Waals surface area contributed by atoms with Crippen molar-refractivity contribution in [3.05, 3.63) is 11.6 Å². The third kappa shape index (κ3) is 5.54. The van der Waals surface area contributed by atoms with Gasteiger partial charge in [0.15, 0.2) is 0 Å². The summed E-state index contributed by atoms with van der Waals surface area (Å²) in [5.41, 5.74) is -1.00. The number of rotatable bonds is 6. The van der Waals surface area contributed by atoms with Crippen LogP contribution in [0.5, 0.6) is 0 Å². The maximum atomic E-state index is 12.5. The Morgan fingerprint density at radius 2 is 1.34 bits per heavy atom. The van der Waals surface area contributed by atoms with Crippen LogP contribution in [-0.4, -0.2) is 60.5 Å². The molecule has 5 aliphatic carbocycles. The fraction of sp³-hybridized carbons (Fsp3) is 0.842. The maximum absolute atomic E-state index is 12.5. The monoisotopic (exact) mass is 658 g/mol. The minimum absolute atomic E-state index is 0.00157. The molecule has 0 bridgehead atoms. The Morgan fingerprint density at radius 1 is 0.745 bits per heavy atom. The highest BCUT2D eigenvalue weighted by molar-refractivity contribution is 5.67. The molecule has 0 radical (unpaired) electrons. The first-order valence-corrected chi connectivity index (χ1v) is 17.7. The second-order valence-corrected chi connectivity index (χ2v) is 17.6. The lowest BCUT2D eigenvalue weighted by molar-refractivity contribution is -0.247. The normalized spacial score (nSPS) is 45.0. The standard InChI is InChI=1S/C38H58O9/c1-22(39)44-20-35(8)28-13-16-36(9)29(34(28,7)15-14-31(35)46-24(3)41)12-11-26-27-17-33(5,6)19-32(47-25(4)42)38(27,21-45-23(2)40)30(43)18-37(26,36)10/h11,27-32,43H,12-21H2,1-10H3. The molecule has 9 nitrogen and oxygen atoms in total. The third-order valence-electron chi connectivity index (χ3n) is 14.3. The lowest BCUT2D eigenvalue weighted by Gasteiger charge is -2.72. The van der Waals surface area contributed by atoms with Crippen LogP contribution in [0.25, 0.3) is 0 Å². The molecule has 47 heavy (non-hydrogen) atoms. The van der Waals surface area contributed by atoms with Gasteiger partial charge in [-0.05, 0) is 90.8 Å². The Bertz CT molecular complexity index is 1340. The van der Waals surface area contributed by atoms with Crippen molar-refractivity contribution in [2.75, 3.05) is 13.2 Å². The van der Waals surface area contributed by atoms with E-state index in [2.05, 4.69) is 47.6 Å². The SMILES string of the molecule is CC(=O)OCC1(C)C(OC(C)=O)CCC2(C)C1CCC1(C)C2CC=C2C3CC(C)(C)CC(OC(C)=O)C3(COC(C)=O)C(O)CC21C. The Labute approximate surface area is 280 Å². The van der Waals surface area contributed by atoms with Gasteiger partial charge in [0, 0.05) is 33.1 Å². The van der Waals surface area contributed by atoms with Crippen LogP contribution >= 0.6 is 0 Å². The van der Waals surface area contributed by atoms with Crippen molar-refractivity contribution in [1.82, 2.24) is 0 Å². The molecule has 0 aromatic heterocycles. The highest BCUT2D eigenvalue weighted by atomic mass is 16.6. The van der Waals surface area contributed by atoms with E-state index in [-0.39, 0.29) is 70.7 Å². The van der Waals surface area contributed by atoms with Gasteiger partial charge in [-0.3, -0.25) is 19.2 Å². The molecule has 0 spiro atoms. The van der Waals surface area contributed by atoms with Crippen molar-refractivity contribution in [3.63, 3.8) is 0 Å². The minimum atomic E-state index is -0.937. The van der Waals surface area contributed by atoms with Gasteiger partial charge in [0.1, 0.15) is 25.4 Å². The number of ether oxygens (including phenoxy) is 4. The molecule has 1 N–H and O–H groups in total. The van der Waals surface area contributed by atoms with Gasteiger partial charge in [0.2, 0.25) is 0 Å². The number of hydrogen-bond donors (Lipinski definition) is 1. The Hall–Kier alpha value is -2.42. The van der Waals surface area contributed by atoms with Gasteiger partial charge in [-0.15, -0.1) is 0 Å². The van der Waals surface area contributed by atoms with Gasteiger partial charge in [0.05, 0.1) is 11.5 Å². The summed E-state index contributed by atoms with van der Waals surface area (Å²) in [7, 11) is 0. The second-order valence-electron chi connectivity index (χ2n) is 17.6. The second kappa shape index (κ2) is 11.9. The lowest BCUT2D eigenvalue weighted by Crippen LogP contribution is -2.70. The predicted octanol–water partition coefficient (Wildman–Crippen LogP) is 6.34. The molecule has 4 fully saturated rings. The first kappa shape index (κ1) is 35.9. The zero-order chi connectivity index (χ0) is 35.0. The highest BCUT2D eigenvalue weighted by Gasteiger charge is 2.72. The molecule has 11 atom stereocenters. The molecule has 0 aliphatic heterocycles. The van der Waals surface area contributed by atoms with E-state index in [4.69, 9.17) is 18.9 Å². The number of fused-ring (bicyclic) bond motifs is 7. The maximum Gasteiger partial charge on any atom is 0.302 e. The quantitative estimate of drug-likeness (QED) is 0.198. The van der Waals surface area contributed by atoms with Crippen LogP contribution in [0.4, 0.5) is 0 Å². The van der Waals surface area contributed by atoms with Gasteiger partial charge in [0.25, 0.3) is 0 Å². The molecule has 264 valence electrons. The highest BCUT2D eigenvalue weighted by Crippen LogP contribution is 2.76. The van der Waals surface area contributed by atoms with Crippen LogP contribution in [0, 0.1) is 50.2 Å². The van der Waals surface area contributed by atoms with Crippen molar-refractivity contribution in [1.29, 1.82) is 0 Å². The summed E-state index contributed by atoms with van der Waals surface area (Å²) in [6.07, 6.45) is 6.69. The summed E-state index contributed by atoms with van der Waals surface area (Å²) >= 11 is 0. The van der Waals surface area contributed by atoms with Crippen LogP contribution in [-0.2, 0) is 38.1 Å². The molecule has 5 rings (SSSR count). The van der Waals surface area contributed by atoms with E-state index < -0.39 is 35.0 Å². The van der Waals surface area contributed by atoms with E-state index in [0.29, 0.717) is 19.3 Å². The van der Waals surface area contributed by atoms with E-state index in [9.17, 15) is 24.3 Å². The smallest absolute Gasteiger partial charge is 0.302 e. The molecular weight excluding hydrogens is 600 g/mol. The minimum Gasteiger partial charge on any atom is -0.465 e. The average Bonchev–Trinajstić information content (AvgIpc) is 2.92. The molecule has 5 aliphatic rings. The number of aliphatic hydroxyl groups excluding tert-OH is 1. The molecule has 9 heteroatoms. The molecule has 4 saturated carbocycles. The number of esters is 4. The molecule has 11 unspecified atom stereocenters. The number of allylic oxidation sites excluding steroid dienone is 2. The average molecular weight is 659 g/mol. The molecule has 0 aromatic carbocycles. The summed E-state index contributed by atoms with van der Waals surface area (Å²) in [6, 6.07) is 0. The van der Waals surface area contributed by atoms with Crippen molar-refractivity contribution in [3.8, 4) is 0 Å². The van der Waals surface area contributed by atoms with Crippen LogP contribution in [0.15, 0.2) is 11.6 Å². The van der Waals surface area contributed by atoms with Crippen LogP contribution in [0.2, 0.25) is 0 Å².